The fourth-order valence-electron chi connectivity index (χ4n) is 2.82. The van der Waals surface area contributed by atoms with Crippen molar-refractivity contribution in [2.45, 2.75) is 25.6 Å². The molecule has 148 valence electrons. The lowest BCUT2D eigenvalue weighted by Gasteiger charge is -2.13. The number of hydrogen-bond acceptors (Lipinski definition) is 5. The first kappa shape index (κ1) is 20.2. The van der Waals surface area contributed by atoms with Crippen LogP contribution >= 0.6 is 11.6 Å². The summed E-state index contributed by atoms with van der Waals surface area (Å²) in [5.74, 6) is -0.618. The molecule has 2 aromatic carbocycles. The van der Waals surface area contributed by atoms with E-state index in [0.717, 1.165) is 25.0 Å². The minimum Gasteiger partial charge on any atom is -0.488 e. The molecule has 1 atom stereocenters. The SMILES string of the molecule is O=C(COC(=O)c1ccccc1OCc1ccccc1Cl)NC[C@H]1CCCO1. The Morgan fingerprint density at radius 3 is 2.71 bits per heavy atom. The predicted molar refractivity (Wildman–Crippen MR) is 104 cm³/mol. The van der Waals surface area contributed by atoms with E-state index < -0.39 is 5.97 Å². The summed E-state index contributed by atoms with van der Waals surface area (Å²) in [5.41, 5.74) is 1.06. The van der Waals surface area contributed by atoms with Gasteiger partial charge in [-0.05, 0) is 31.0 Å². The van der Waals surface area contributed by atoms with Gasteiger partial charge in [0.25, 0.3) is 5.91 Å². The molecule has 2 aromatic rings. The second kappa shape index (κ2) is 10.1. The lowest BCUT2D eigenvalue weighted by molar-refractivity contribution is -0.124. The average Bonchev–Trinajstić information content (AvgIpc) is 3.24. The van der Waals surface area contributed by atoms with Crippen molar-refractivity contribution in [3.05, 3.63) is 64.7 Å². The molecule has 1 aliphatic rings. The summed E-state index contributed by atoms with van der Waals surface area (Å²) >= 11 is 6.13. The van der Waals surface area contributed by atoms with Crippen molar-refractivity contribution in [1.82, 2.24) is 5.32 Å². The number of ether oxygens (including phenoxy) is 3. The summed E-state index contributed by atoms with van der Waals surface area (Å²) in [4.78, 5) is 24.3. The van der Waals surface area contributed by atoms with Crippen molar-refractivity contribution in [1.29, 1.82) is 0 Å². The van der Waals surface area contributed by atoms with E-state index in [4.69, 9.17) is 25.8 Å². The molecule has 0 bridgehead atoms. The summed E-state index contributed by atoms with van der Waals surface area (Å²) in [7, 11) is 0. The first-order valence-corrected chi connectivity index (χ1v) is 9.52. The minimum atomic E-state index is -0.623. The van der Waals surface area contributed by atoms with Crippen LogP contribution in [0.15, 0.2) is 48.5 Å². The van der Waals surface area contributed by atoms with Crippen LogP contribution in [0.25, 0.3) is 0 Å². The van der Waals surface area contributed by atoms with Crippen LogP contribution in [0, 0.1) is 0 Å². The van der Waals surface area contributed by atoms with Gasteiger partial charge in [-0.1, -0.05) is 41.9 Å². The van der Waals surface area contributed by atoms with E-state index in [1.54, 1.807) is 30.3 Å². The van der Waals surface area contributed by atoms with Crippen molar-refractivity contribution < 1.29 is 23.8 Å². The van der Waals surface area contributed by atoms with E-state index in [1.165, 1.54) is 0 Å². The smallest absolute Gasteiger partial charge is 0.342 e. The van der Waals surface area contributed by atoms with Crippen LogP contribution in [0.1, 0.15) is 28.8 Å². The molecule has 0 aliphatic carbocycles. The number of halogens is 1. The molecule has 0 spiro atoms. The fraction of sp³-hybridized carbons (Fsp3) is 0.333. The number of para-hydroxylation sites is 1. The monoisotopic (exact) mass is 403 g/mol. The molecule has 1 aliphatic heterocycles. The molecule has 6 nitrogen and oxygen atoms in total. The van der Waals surface area contributed by atoms with Gasteiger partial charge in [0, 0.05) is 23.7 Å². The highest BCUT2D eigenvalue weighted by molar-refractivity contribution is 6.31. The molecule has 3 rings (SSSR count). The molecule has 1 saturated heterocycles. The summed E-state index contributed by atoms with van der Waals surface area (Å²) in [6.07, 6.45) is 1.97. The Kier molecular flexibility index (Phi) is 7.28. The molecular weight excluding hydrogens is 382 g/mol. The molecule has 0 saturated carbocycles. The Bertz CT molecular complexity index is 820. The van der Waals surface area contributed by atoms with Gasteiger partial charge in [-0.25, -0.2) is 4.79 Å². The van der Waals surface area contributed by atoms with Gasteiger partial charge in [0.2, 0.25) is 0 Å². The van der Waals surface area contributed by atoms with E-state index in [0.29, 0.717) is 17.3 Å². The number of carbonyl (C=O) groups excluding carboxylic acids is 2. The Morgan fingerprint density at radius 2 is 1.93 bits per heavy atom. The van der Waals surface area contributed by atoms with Crippen LogP contribution in [-0.2, 0) is 20.9 Å². The number of rotatable bonds is 8. The molecular formula is C21H22ClNO5. The van der Waals surface area contributed by atoms with Crippen LogP contribution in [0.2, 0.25) is 5.02 Å². The molecule has 1 heterocycles. The summed E-state index contributed by atoms with van der Waals surface area (Å²) in [6.45, 7) is 1.00. The number of hydrogen-bond donors (Lipinski definition) is 1. The van der Waals surface area contributed by atoms with Gasteiger partial charge in [0.15, 0.2) is 6.61 Å². The lowest BCUT2D eigenvalue weighted by Crippen LogP contribution is -2.34. The average molecular weight is 404 g/mol. The summed E-state index contributed by atoms with van der Waals surface area (Å²) in [5, 5.41) is 3.30. The highest BCUT2D eigenvalue weighted by Gasteiger charge is 2.18. The zero-order valence-corrected chi connectivity index (χ0v) is 16.1. The van der Waals surface area contributed by atoms with E-state index in [9.17, 15) is 9.59 Å². The molecule has 1 amide bonds. The van der Waals surface area contributed by atoms with Crippen LogP contribution in [0.4, 0.5) is 0 Å². The van der Waals surface area contributed by atoms with Crippen molar-refractivity contribution >= 4 is 23.5 Å². The number of esters is 1. The molecule has 0 unspecified atom stereocenters. The van der Waals surface area contributed by atoms with E-state index >= 15 is 0 Å². The van der Waals surface area contributed by atoms with Gasteiger partial charge in [-0.2, -0.15) is 0 Å². The number of nitrogens with one attached hydrogen (secondary N) is 1. The Balaban J connectivity index is 1.52. The second-order valence-corrected chi connectivity index (χ2v) is 6.80. The fourth-order valence-corrected chi connectivity index (χ4v) is 3.02. The van der Waals surface area contributed by atoms with Crippen LogP contribution in [0.5, 0.6) is 5.75 Å². The molecule has 0 aromatic heterocycles. The van der Waals surface area contributed by atoms with E-state index in [1.807, 2.05) is 18.2 Å². The number of benzene rings is 2. The molecule has 1 N–H and O–H groups in total. The van der Waals surface area contributed by atoms with Gasteiger partial charge < -0.3 is 19.5 Å². The Labute approximate surface area is 168 Å². The number of carbonyl (C=O) groups is 2. The highest BCUT2D eigenvalue weighted by atomic mass is 35.5. The maximum atomic E-state index is 12.4. The number of amides is 1. The molecule has 28 heavy (non-hydrogen) atoms. The van der Waals surface area contributed by atoms with Crippen molar-refractivity contribution in [2.75, 3.05) is 19.8 Å². The van der Waals surface area contributed by atoms with Gasteiger partial charge in [-0.15, -0.1) is 0 Å². The minimum absolute atomic E-state index is 0.0404. The Hall–Kier alpha value is -2.57. The predicted octanol–water partition coefficient (Wildman–Crippen LogP) is 3.37. The maximum absolute atomic E-state index is 12.4. The van der Waals surface area contributed by atoms with Gasteiger partial charge >= 0.3 is 5.97 Å². The van der Waals surface area contributed by atoms with Crippen LogP contribution in [0.3, 0.4) is 0 Å². The standard InChI is InChI=1S/C21H22ClNO5/c22-18-9-3-1-6-15(18)13-27-19-10-4-2-8-17(19)21(25)28-14-20(24)23-12-16-7-5-11-26-16/h1-4,6,8-10,16H,5,7,11-14H2,(H,23,24)/t16-/m1/s1. The maximum Gasteiger partial charge on any atom is 0.342 e. The lowest BCUT2D eigenvalue weighted by atomic mass is 10.2. The van der Waals surface area contributed by atoms with E-state index in [2.05, 4.69) is 5.32 Å². The Morgan fingerprint density at radius 1 is 1.14 bits per heavy atom. The summed E-state index contributed by atoms with van der Waals surface area (Å²) in [6, 6.07) is 14.0. The van der Waals surface area contributed by atoms with Crippen molar-refractivity contribution in [2.24, 2.45) is 0 Å². The second-order valence-electron chi connectivity index (χ2n) is 6.39. The molecule has 7 heteroatoms. The first-order chi connectivity index (χ1) is 13.6. The topological polar surface area (TPSA) is 73.9 Å². The van der Waals surface area contributed by atoms with Gasteiger partial charge in [-0.3, -0.25) is 4.79 Å². The zero-order valence-electron chi connectivity index (χ0n) is 15.4. The quantitative estimate of drug-likeness (QED) is 0.684. The normalized spacial score (nSPS) is 15.8. The van der Waals surface area contributed by atoms with E-state index in [-0.39, 0.29) is 30.8 Å². The first-order valence-electron chi connectivity index (χ1n) is 9.14. The summed E-state index contributed by atoms with van der Waals surface area (Å²) < 4.78 is 16.3. The van der Waals surface area contributed by atoms with Crippen LogP contribution < -0.4 is 10.1 Å². The van der Waals surface area contributed by atoms with Crippen molar-refractivity contribution in [3.63, 3.8) is 0 Å². The van der Waals surface area contributed by atoms with Gasteiger partial charge in [0.1, 0.15) is 17.9 Å². The third-order valence-electron chi connectivity index (χ3n) is 4.33. The molecule has 0 radical (unpaired) electrons. The highest BCUT2D eigenvalue weighted by Crippen LogP contribution is 2.22. The molecule has 1 fully saturated rings. The van der Waals surface area contributed by atoms with Gasteiger partial charge in [0.05, 0.1) is 6.10 Å². The van der Waals surface area contributed by atoms with Crippen molar-refractivity contribution in [3.8, 4) is 5.75 Å². The third-order valence-corrected chi connectivity index (χ3v) is 4.70. The largest absolute Gasteiger partial charge is 0.488 e. The third kappa shape index (κ3) is 5.71. The van der Waals surface area contributed by atoms with Crippen LogP contribution in [-0.4, -0.2) is 37.7 Å². The zero-order chi connectivity index (χ0) is 19.8.